The van der Waals surface area contributed by atoms with Gasteiger partial charge in [0.25, 0.3) is 5.91 Å². The number of carbonyl (C=O) groups is 2. The molecule has 0 heterocycles. The van der Waals surface area contributed by atoms with Crippen molar-refractivity contribution in [2.45, 2.75) is 39.2 Å². The van der Waals surface area contributed by atoms with Crippen molar-refractivity contribution < 1.29 is 14.3 Å². The van der Waals surface area contributed by atoms with Gasteiger partial charge in [-0.1, -0.05) is 35.3 Å². The molecule has 0 aliphatic carbocycles. The number of carbonyl (C=O) groups excluding carboxylic acids is 2. The number of hydrogen-bond donors (Lipinski definition) is 3. The molecule has 0 spiro atoms. The highest BCUT2D eigenvalue weighted by Gasteiger charge is 2.18. The van der Waals surface area contributed by atoms with Crippen LogP contribution in [0.4, 0.5) is 5.69 Å². The molecule has 0 aliphatic heterocycles. The summed E-state index contributed by atoms with van der Waals surface area (Å²) in [5.41, 5.74) is 0.564. The van der Waals surface area contributed by atoms with Gasteiger partial charge in [-0.05, 0) is 69.7 Å². The first-order chi connectivity index (χ1) is 14.5. The van der Waals surface area contributed by atoms with Gasteiger partial charge in [0, 0.05) is 17.0 Å². The highest BCUT2D eigenvalue weighted by atomic mass is 35.5. The van der Waals surface area contributed by atoms with Gasteiger partial charge < -0.3 is 20.7 Å². The van der Waals surface area contributed by atoms with Crippen LogP contribution >= 0.6 is 35.4 Å². The van der Waals surface area contributed by atoms with Crippen molar-refractivity contribution in [3.8, 4) is 5.75 Å². The molecule has 6 nitrogen and oxygen atoms in total. The maximum Gasteiger partial charge on any atom is 0.253 e. The molecule has 2 aromatic carbocycles. The summed E-state index contributed by atoms with van der Waals surface area (Å²) >= 11 is 17.1. The molecule has 3 N–H and O–H groups in total. The first-order valence-corrected chi connectivity index (χ1v) is 10.8. The fraction of sp³-hybridized carbons (Fsp3) is 0.318. The predicted octanol–water partition coefficient (Wildman–Crippen LogP) is 5.19. The molecule has 0 aromatic heterocycles. The van der Waals surface area contributed by atoms with Crippen LogP contribution in [0.5, 0.6) is 5.75 Å². The smallest absolute Gasteiger partial charge is 0.253 e. The molecule has 2 amide bonds. The Bertz CT molecular complexity index is 961. The number of halogens is 2. The van der Waals surface area contributed by atoms with E-state index in [4.69, 9.17) is 40.2 Å². The van der Waals surface area contributed by atoms with Crippen molar-refractivity contribution in [2.24, 2.45) is 0 Å². The number of hydrogen-bond acceptors (Lipinski definition) is 4. The summed E-state index contributed by atoms with van der Waals surface area (Å²) in [6.07, 6.45) is 0.678. The number of nitrogens with one attached hydrogen (secondary N) is 3. The summed E-state index contributed by atoms with van der Waals surface area (Å²) in [5.74, 6) is 0.0106. The van der Waals surface area contributed by atoms with Gasteiger partial charge in [0.15, 0.2) is 5.11 Å². The fourth-order valence-electron chi connectivity index (χ4n) is 2.55. The second-order valence-corrected chi connectivity index (χ2v) is 9.03. The minimum absolute atomic E-state index is 0.114. The molecule has 9 heteroatoms. The zero-order chi connectivity index (χ0) is 23.0. The van der Waals surface area contributed by atoms with E-state index in [-0.39, 0.29) is 28.9 Å². The second-order valence-electron chi connectivity index (χ2n) is 7.78. The van der Waals surface area contributed by atoms with Crippen LogP contribution in [0.25, 0.3) is 0 Å². The first kappa shape index (κ1) is 24.9. The van der Waals surface area contributed by atoms with Crippen molar-refractivity contribution in [1.29, 1.82) is 0 Å². The SMILES string of the molecule is CC(C)(C)NC(=O)c1ccccc1NC(=S)NC(=O)CCCOc1ccc(Cl)cc1Cl. The zero-order valence-electron chi connectivity index (χ0n) is 17.6. The Morgan fingerprint density at radius 3 is 2.48 bits per heavy atom. The standard InChI is InChI=1S/C22H25Cl2N3O3S/c1-22(2,3)27-20(29)15-7-4-5-8-17(15)25-21(31)26-19(28)9-6-12-30-18-11-10-14(23)13-16(18)24/h4-5,7-8,10-11,13H,6,9,12H2,1-3H3,(H,27,29)(H2,25,26,28,31). The van der Waals surface area contributed by atoms with E-state index in [1.807, 2.05) is 20.8 Å². The van der Waals surface area contributed by atoms with Crippen molar-refractivity contribution in [3.05, 3.63) is 58.1 Å². The molecule has 0 radical (unpaired) electrons. The third-order valence-electron chi connectivity index (χ3n) is 3.86. The molecule has 0 aliphatic rings. The van der Waals surface area contributed by atoms with Crippen molar-refractivity contribution in [1.82, 2.24) is 10.6 Å². The lowest BCUT2D eigenvalue weighted by Crippen LogP contribution is -2.41. The van der Waals surface area contributed by atoms with Crippen molar-refractivity contribution in [3.63, 3.8) is 0 Å². The Morgan fingerprint density at radius 1 is 1.10 bits per heavy atom. The van der Waals surface area contributed by atoms with E-state index in [1.165, 1.54) is 0 Å². The molecule has 0 bridgehead atoms. The lowest BCUT2D eigenvalue weighted by molar-refractivity contribution is -0.119. The largest absolute Gasteiger partial charge is 0.492 e. The zero-order valence-corrected chi connectivity index (χ0v) is 19.9. The van der Waals surface area contributed by atoms with Gasteiger partial charge in [-0.15, -0.1) is 0 Å². The van der Waals surface area contributed by atoms with E-state index < -0.39 is 0 Å². The van der Waals surface area contributed by atoms with Crippen LogP contribution in [0.15, 0.2) is 42.5 Å². The van der Waals surface area contributed by atoms with E-state index in [0.717, 1.165) is 0 Å². The van der Waals surface area contributed by atoms with Crippen LogP contribution in [-0.4, -0.2) is 29.1 Å². The third kappa shape index (κ3) is 8.73. The number of amides is 2. The summed E-state index contributed by atoms with van der Waals surface area (Å²) < 4.78 is 5.56. The quantitative estimate of drug-likeness (QED) is 0.374. The average Bonchev–Trinajstić information content (AvgIpc) is 2.65. The van der Waals surface area contributed by atoms with Gasteiger partial charge in [0.1, 0.15) is 5.75 Å². The van der Waals surface area contributed by atoms with E-state index in [2.05, 4.69) is 16.0 Å². The maximum atomic E-state index is 12.5. The molecular weight excluding hydrogens is 457 g/mol. The first-order valence-electron chi connectivity index (χ1n) is 9.65. The van der Waals surface area contributed by atoms with E-state index in [1.54, 1.807) is 42.5 Å². The Morgan fingerprint density at radius 2 is 1.81 bits per heavy atom. The van der Waals surface area contributed by atoms with Crippen LogP contribution in [0.1, 0.15) is 44.0 Å². The lowest BCUT2D eigenvalue weighted by Gasteiger charge is -2.21. The summed E-state index contributed by atoms with van der Waals surface area (Å²) in [5, 5.41) is 9.48. The Hall–Kier alpha value is -2.35. The predicted molar refractivity (Wildman–Crippen MR) is 129 cm³/mol. The summed E-state index contributed by atoms with van der Waals surface area (Å²) in [6.45, 7) is 6.01. The Balaban J connectivity index is 1.82. The Kier molecular flexibility index (Phi) is 9.10. The topological polar surface area (TPSA) is 79.5 Å². The average molecular weight is 482 g/mol. The highest BCUT2D eigenvalue weighted by molar-refractivity contribution is 7.80. The number of ether oxygens (including phenoxy) is 1. The van der Waals surface area contributed by atoms with Crippen LogP contribution < -0.4 is 20.7 Å². The molecule has 0 unspecified atom stereocenters. The van der Waals surface area contributed by atoms with Crippen molar-refractivity contribution >= 4 is 58.0 Å². The molecular formula is C22H25Cl2N3O3S. The van der Waals surface area contributed by atoms with E-state index >= 15 is 0 Å². The molecule has 0 saturated carbocycles. The molecule has 2 rings (SSSR count). The summed E-state index contributed by atoms with van der Waals surface area (Å²) in [6, 6.07) is 11.9. The normalized spacial score (nSPS) is 10.9. The van der Waals surface area contributed by atoms with Gasteiger partial charge in [0.2, 0.25) is 5.91 Å². The summed E-state index contributed by atoms with van der Waals surface area (Å²) in [4.78, 5) is 24.7. The van der Waals surface area contributed by atoms with Crippen LogP contribution in [0.2, 0.25) is 10.0 Å². The molecule has 31 heavy (non-hydrogen) atoms. The van der Waals surface area contributed by atoms with Gasteiger partial charge in [-0.25, -0.2) is 0 Å². The summed E-state index contributed by atoms with van der Waals surface area (Å²) in [7, 11) is 0. The number of thiocarbonyl (C=S) groups is 1. The van der Waals surface area contributed by atoms with Crippen molar-refractivity contribution in [2.75, 3.05) is 11.9 Å². The molecule has 0 atom stereocenters. The van der Waals surface area contributed by atoms with E-state index in [9.17, 15) is 9.59 Å². The molecule has 0 fully saturated rings. The Labute approximate surface area is 197 Å². The highest BCUT2D eigenvalue weighted by Crippen LogP contribution is 2.27. The number of rotatable bonds is 7. The number of para-hydroxylation sites is 1. The lowest BCUT2D eigenvalue weighted by atomic mass is 10.1. The van der Waals surface area contributed by atoms with Crippen LogP contribution in [0, 0.1) is 0 Å². The monoisotopic (exact) mass is 481 g/mol. The third-order valence-corrected chi connectivity index (χ3v) is 4.60. The fourth-order valence-corrected chi connectivity index (χ4v) is 3.23. The van der Waals surface area contributed by atoms with Gasteiger partial charge in [0.05, 0.1) is 22.9 Å². The molecule has 0 saturated heterocycles. The van der Waals surface area contributed by atoms with Crippen LogP contribution in [-0.2, 0) is 4.79 Å². The second kappa shape index (κ2) is 11.3. The minimum Gasteiger partial charge on any atom is -0.492 e. The van der Waals surface area contributed by atoms with Crippen LogP contribution in [0.3, 0.4) is 0 Å². The number of benzene rings is 2. The molecule has 166 valence electrons. The van der Waals surface area contributed by atoms with Gasteiger partial charge in [-0.3, -0.25) is 9.59 Å². The maximum absolute atomic E-state index is 12.5. The number of anilines is 1. The van der Waals surface area contributed by atoms with Gasteiger partial charge in [-0.2, -0.15) is 0 Å². The van der Waals surface area contributed by atoms with Gasteiger partial charge >= 0.3 is 0 Å². The molecule has 2 aromatic rings. The van der Waals surface area contributed by atoms with E-state index in [0.29, 0.717) is 40.1 Å². The minimum atomic E-state index is -0.378.